The predicted octanol–water partition coefficient (Wildman–Crippen LogP) is 5.80. The normalized spacial score (nSPS) is 11.4. The second-order valence-electron chi connectivity index (χ2n) is 6.82. The molecule has 0 atom stereocenters. The summed E-state index contributed by atoms with van der Waals surface area (Å²) in [5.74, 6) is -1.65. The van der Waals surface area contributed by atoms with E-state index in [0.29, 0.717) is 10.6 Å². The summed E-state index contributed by atoms with van der Waals surface area (Å²) in [5.41, 5.74) is 2.37. The first kappa shape index (κ1) is 21.2. The summed E-state index contributed by atoms with van der Waals surface area (Å²) in [4.78, 5) is 16.0. The number of hydrogen-bond donors (Lipinski definition) is 1. The zero-order valence-corrected chi connectivity index (χ0v) is 18.4. The summed E-state index contributed by atoms with van der Waals surface area (Å²) >= 11 is 7.55. The number of benzene rings is 3. The standard InChI is InChI=1S/C23H16ClNO4S2/c24-19-11-17(22-25-8-9-30-22)12-20(13-19)31(28,29)14-18-10-16(6-7-21(18)23(26)27)15-4-2-1-3-5-15/h1-13H,14H2,(H,26,27). The van der Waals surface area contributed by atoms with Crippen LogP contribution in [0.1, 0.15) is 15.9 Å². The predicted molar refractivity (Wildman–Crippen MR) is 122 cm³/mol. The summed E-state index contributed by atoms with van der Waals surface area (Å²) < 4.78 is 26.5. The van der Waals surface area contributed by atoms with E-state index in [9.17, 15) is 18.3 Å². The first-order chi connectivity index (χ1) is 14.8. The molecule has 0 aliphatic carbocycles. The summed E-state index contributed by atoms with van der Waals surface area (Å²) in [6.07, 6.45) is 1.63. The lowest BCUT2D eigenvalue weighted by molar-refractivity contribution is 0.0696. The number of carboxylic acids is 1. The zero-order valence-electron chi connectivity index (χ0n) is 16.0. The molecule has 1 heterocycles. The highest BCUT2D eigenvalue weighted by atomic mass is 35.5. The molecule has 0 aliphatic heterocycles. The van der Waals surface area contributed by atoms with E-state index >= 15 is 0 Å². The molecule has 0 amide bonds. The van der Waals surface area contributed by atoms with Crippen LogP contribution >= 0.6 is 22.9 Å². The molecule has 0 aliphatic rings. The Morgan fingerprint density at radius 1 is 0.968 bits per heavy atom. The number of carboxylic acid groups (broad SMARTS) is 1. The van der Waals surface area contributed by atoms with E-state index in [1.165, 1.54) is 29.5 Å². The van der Waals surface area contributed by atoms with Crippen molar-refractivity contribution < 1.29 is 18.3 Å². The van der Waals surface area contributed by atoms with Crippen LogP contribution in [-0.2, 0) is 15.6 Å². The average Bonchev–Trinajstić information content (AvgIpc) is 3.28. The van der Waals surface area contributed by atoms with E-state index in [-0.39, 0.29) is 21.0 Å². The number of aromatic nitrogens is 1. The van der Waals surface area contributed by atoms with E-state index < -0.39 is 21.6 Å². The Hall–Kier alpha value is -3.00. The zero-order chi connectivity index (χ0) is 22.0. The van der Waals surface area contributed by atoms with Crippen molar-refractivity contribution >= 4 is 38.7 Å². The molecule has 0 saturated carbocycles. The van der Waals surface area contributed by atoms with Gasteiger partial charge in [0.15, 0.2) is 9.84 Å². The Morgan fingerprint density at radius 3 is 2.42 bits per heavy atom. The molecule has 0 radical (unpaired) electrons. The van der Waals surface area contributed by atoms with Gasteiger partial charge in [-0.05, 0) is 47.0 Å². The number of hydrogen-bond acceptors (Lipinski definition) is 5. The number of nitrogens with zero attached hydrogens (tertiary/aromatic N) is 1. The van der Waals surface area contributed by atoms with Crippen molar-refractivity contribution in [3.63, 3.8) is 0 Å². The molecule has 0 unspecified atom stereocenters. The fraction of sp³-hybridized carbons (Fsp3) is 0.0435. The van der Waals surface area contributed by atoms with Crippen LogP contribution in [0.5, 0.6) is 0 Å². The third kappa shape index (κ3) is 4.69. The first-order valence-electron chi connectivity index (χ1n) is 9.18. The lowest BCUT2D eigenvalue weighted by Gasteiger charge is -2.11. The van der Waals surface area contributed by atoms with E-state index in [1.807, 2.05) is 30.3 Å². The Kier molecular flexibility index (Phi) is 5.91. The maximum Gasteiger partial charge on any atom is 0.335 e. The van der Waals surface area contributed by atoms with Crippen LogP contribution in [0.2, 0.25) is 5.02 Å². The van der Waals surface area contributed by atoms with Crippen LogP contribution in [0.15, 0.2) is 83.2 Å². The Balaban J connectivity index is 1.77. The molecule has 1 aromatic heterocycles. The van der Waals surface area contributed by atoms with Crippen molar-refractivity contribution in [3.8, 4) is 21.7 Å². The molecule has 0 saturated heterocycles. The van der Waals surface area contributed by atoms with Gasteiger partial charge in [-0.3, -0.25) is 0 Å². The molecule has 1 N–H and O–H groups in total. The van der Waals surface area contributed by atoms with Crippen LogP contribution in [0, 0.1) is 0 Å². The summed E-state index contributed by atoms with van der Waals surface area (Å²) in [5, 5.41) is 12.3. The van der Waals surface area contributed by atoms with Crippen molar-refractivity contribution in [2.45, 2.75) is 10.6 Å². The number of aromatic carboxylic acids is 1. The van der Waals surface area contributed by atoms with Gasteiger partial charge in [-0.25, -0.2) is 18.2 Å². The minimum Gasteiger partial charge on any atom is -0.478 e. The molecule has 0 spiro atoms. The molecular weight excluding hydrogens is 454 g/mol. The van der Waals surface area contributed by atoms with Crippen molar-refractivity contribution in [2.24, 2.45) is 0 Å². The van der Waals surface area contributed by atoms with Gasteiger partial charge < -0.3 is 5.11 Å². The second kappa shape index (κ2) is 8.63. The van der Waals surface area contributed by atoms with Crippen molar-refractivity contribution in [1.82, 2.24) is 4.98 Å². The highest BCUT2D eigenvalue weighted by Crippen LogP contribution is 2.31. The minimum absolute atomic E-state index is 0.0200. The van der Waals surface area contributed by atoms with Gasteiger partial charge in [0.25, 0.3) is 0 Å². The van der Waals surface area contributed by atoms with E-state index in [2.05, 4.69) is 4.98 Å². The van der Waals surface area contributed by atoms with Crippen LogP contribution in [0.4, 0.5) is 0 Å². The number of carbonyl (C=O) groups is 1. The molecule has 0 bridgehead atoms. The molecule has 31 heavy (non-hydrogen) atoms. The molecule has 3 aromatic carbocycles. The average molecular weight is 470 g/mol. The molecule has 4 rings (SSSR count). The fourth-order valence-electron chi connectivity index (χ4n) is 3.25. The third-order valence-electron chi connectivity index (χ3n) is 4.70. The second-order valence-corrected chi connectivity index (χ2v) is 10.1. The molecule has 156 valence electrons. The topological polar surface area (TPSA) is 84.3 Å². The van der Waals surface area contributed by atoms with E-state index in [4.69, 9.17) is 11.6 Å². The van der Waals surface area contributed by atoms with E-state index in [1.54, 1.807) is 29.8 Å². The number of thiazole rings is 1. The van der Waals surface area contributed by atoms with E-state index in [0.717, 1.165) is 11.1 Å². The highest BCUT2D eigenvalue weighted by molar-refractivity contribution is 7.90. The third-order valence-corrected chi connectivity index (χ3v) is 7.38. The molecular formula is C23H16ClNO4S2. The molecule has 8 heteroatoms. The fourth-order valence-corrected chi connectivity index (χ4v) is 5.61. The quantitative estimate of drug-likeness (QED) is 0.385. The van der Waals surface area contributed by atoms with Gasteiger partial charge in [0.1, 0.15) is 5.01 Å². The number of halogens is 1. The summed E-state index contributed by atoms with van der Waals surface area (Å²) in [6.45, 7) is 0. The Bertz CT molecular complexity index is 1350. The summed E-state index contributed by atoms with van der Waals surface area (Å²) in [6, 6.07) is 18.6. The van der Waals surface area contributed by atoms with Gasteiger partial charge in [-0.2, -0.15) is 0 Å². The van der Waals surface area contributed by atoms with Gasteiger partial charge >= 0.3 is 5.97 Å². The van der Waals surface area contributed by atoms with Gasteiger partial charge in [-0.1, -0.05) is 48.0 Å². The SMILES string of the molecule is O=C(O)c1ccc(-c2ccccc2)cc1CS(=O)(=O)c1cc(Cl)cc(-c2nccs2)c1. The minimum atomic E-state index is -3.88. The van der Waals surface area contributed by atoms with Crippen molar-refractivity contribution in [1.29, 1.82) is 0 Å². The van der Waals surface area contributed by atoms with Crippen LogP contribution in [0.3, 0.4) is 0 Å². The molecule has 5 nitrogen and oxygen atoms in total. The first-order valence-corrected chi connectivity index (χ1v) is 12.1. The van der Waals surface area contributed by atoms with Crippen molar-refractivity contribution in [2.75, 3.05) is 0 Å². The lowest BCUT2D eigenvalue weighted by atomic mass is 10.00. The number of sulfone groups is 1. The van der Waals surface area contributed by atoms with Gasteiger partial charge in [0.2, 0.25) is 0 Å². The van der Waals surface area contributed by atoms with Gasteiger partial charge in [-0.15, -0.1) is 11.3 Å². The van der Waals surface area contributed by atoms with Crippen molar-refractivity contribution in [3.05, 3.63) is 94.5 Å². The largest absolute Gasteiger partial charge is 0.478 e. The maximum atomic E-state index is 13.2. The van der Waals surface area contributed by atoms with Crippen LogP contribution in [0.25, 0.3) is 21.7 Å². The molecule has 0 fully saturated rings. The monoisotopic (exact) mass is 469 g/mol. The van der Waals surface area contributed by atoms with Gasteiger partial charge in [0.05, 0.1) is 16.2 Å². The summed E-state index contributed by atoms with van der Waals surface area (Å²) in [7, 11) is -3.88. The van der Waals surface area contributed by atoms with Gasteiger partial charge in [0, 0.05) is 22.2 Å². The maximum absolute atomic E-state index is 13.2. The number of rotatable bonds is 6. The van der Waals surface area contributed by atoms with Crippen LogP contribution in [-0.4, -0.2) is 24.5 Å². The highest BCUT2D eigenvalue weighted by Gasteiger charge is 2.22. The lowest BCUT2D eigenvalue weighted by Crippen LogP contribution is -2.10. The Labute approximate surface area is 188 Å². The smallest absolute Gasteiger partial charge is 0.335 e. The van der Waals surface area contributed by atoms with Crippen LogP contribution < -0.4 is 0 Å². The molecule has 4 aromatic rings. The Morgan fingerprint density at radius 2 is 1.74 bits per heavy atom.